The van der Waals surface area contributed by atoms with Crippen molar-refractivity contribution in [3.8, 4) is 0 Å². The molecule has 1 heterocycles. The second-order valence-electron chi connectivity index (χ2n) is 5.07. The zero-order chi connectivity index (χ0) is 14.0. The Kier molecular flexibility index (Phi) is 3.99. The predicted octanol–water partition coefficient (Wildman–Crippen LogP) is 2.87. The van der Waals surface area contributed by atoms with E-state index >= 15 is 0 Å². The summed E-state index contributed by atoms with van der Waals surface area (Å²) < 4.78 is 5.79. The minimum atomic E-state index is -0.889. The van der Waals surface area contributed by atoms with Crippen LogP contribution < -0.4 is 5.32 Å². The van der Waals surface area contributed by atoms with Crippen molar-refractivity contribution in [1.82, 2.24) is 5.32 Å². The molecule has 6 heteroatoms. The molecule has 0 radical (unpaired) electrons. The van der Waals surface area contributed by atoms with Crippen molar-refractivity contribution in [2.45, 2.75) is 44.6 Å². The number of carboxylic acids is 1. The van der Waals surface area contributed by atoms with Gasteiger partial charge in [0.25, 0.3) is 5.91 Å². The Morgan fingerprint density at radius 3 is 2.58 bits per heavy atom. The van der Waals surface area contributed by atoms with Crippen LogP contribution in [0, 0.1) is 6.92 Å². The molecule has 1 aromatic heterocycles. The minimum Gasteiger partial charge on any atom is -0.481 e. The van der Waals surface area contributed by atoms with Gasteiger partial charge in [-0.25, -0.2) is 0 Å². The van der Waals surface area contributed by atoms with Crippen LogP contribution in [0.2, 0.25) is 0 Å². The average Bonchev–Trinajstić information content (AvgIpc) is 2.85. The van der Waals surface area contributed by atoms with Gasteiger partial charge < -0.3 is 14.8 Å². The molecule has 2 N–H and O–H groups in total. The van der Waals surface area contributed by atoms with Gasteiger partial charge in [-0.1, -0.05) is 12.8 Å². The van der Waals surface area contributed by atoms with Crippen molar-refractivity contribution in [2.75, 3.05) is 0 Å². The van der Waals surface area contributed by atoms with Crippen molar-refractivity contribution in [2.24, 2.45) is 0 Å². The summed E-state index contributed by atoms with van der Waals surface area (Å²) in [5.74, 6) is -0.991. The molecule has 1 amide bonds. The number of hydrogen-bond acceptors (Lipinski definition) is 3. The fourth-order valence-corrected chi connectivity index (χ4v) is 3.16. The van der Waals surface area contributed by atoms with E-state index in [4.69, 9.17) is 9.52 Å². The van der Waals surface area contributed by atoms with Crippen LogP contribution in [-0.4, -0.2) is 22.5 Å². The molecule has 0 unspecified atom stereocenters. The highest BCUT2D eigenvalue weighted by molar-refractivity contribution is 9.10. The van der Waals surface area contributed by atoms with E-state index in [0.29, 0.717) is 17.5 Å². The van der Waals surface area contributed by atoms with Gasteiger partial charge >= 0.3 is 5.97 Å². The van der Waals surface area contributed by atoms with Gasteiger partial charge in [-0.3, -0.25) is 9.59 Å². The van der Waals surface area contributed by atoms with Crippen LogP contribution in [0.5, 0.6) is 0 Å². The Morgan fingerprint density at radius 2 is 2.11 bits per heavy atom. The van der Waals surface area contributed by atoms with Gasteiger partial charge in [0.1, 0.15) is 0 Å². The highest BCUT2D eigenvalue weighted by Gasteiger charge is 2.38. The Hall–Kier alpha value is -1.30. The molecule has 104 valence electrons. The van der Waals surface area contributed by atoms with E-state index in [2.05, 4.69) is 21.2 Å². The van der Waals surface area contributed by atoms with Crippen LogP contribution in [0.4, 0.5) is 0 Å². The van der Waals surface area contributed by atoms with E-state index in [1.54, 1.807) is 13.0 Å². The quantitative estimate of drug-likeness (QED) is 0.890. The Balaban J connectivity index is 2.15. The zero-order valence-corrected chi connectivity index (χ0v) is 12.2. The number of hydrogen-bond donors (Lipinski definition) is 2. The van der Waals surface area contributed by atoms with Crippen LogP contribution in [0.3, 0.4) is 0 Å². The maximum absolute atomic E-state index is 12.2. The summed E-state index contributed by atoms with van der Waals surface area (Å²) in [5, 5.41) is 11.9. The van der Waals surface area contributed by atoms with Gasteiger partial charge in [0.05, 0.1) is 12.0 Å². The summed E-state index contributed by atoms with van der Waals surface area (Å²) in [6, 6.07) is 1.72. The monoisotopic (exact) mass is 329 g/mol. The highest BCUT2D eigenvalue weighted by Crippen LogP contribution is 2.33. The van der Waals surface area contributed by atoms with E-state index < -0.39 is 11.5 Å². The second kappa shape index (κ2) is 5.36. The van der Waals surface area contributed by atoms with Crippen LogP contribution in [0.1, 0.15) is 48.2 Å². The third kappa shape index (κ3) is 3.18. The van der Waals surface area contributed by atoms with Crippen LogP contribution in [0.15, 0.2) is 15.2 Å². The van der Waals surface area contributed by atoms with Gasteiger partial charge in [0, 0.05) is 5.56 Å². The number of aryl methyl sites for hydroxylation is 1. The van der Waals surface area contributed by atoms with Crippen LogP contribution >= 0.6 is 15.9 Å². The normalized spacial score (nSPS) is 17.4. The fraction of sp³-hybridized carbons (Fsp3) is 0.538. The van der Waals surface area contributed by atoms with Crippen molar-refractivity contribution in [3.05, 3.63) is 22.1 Å². The van der Waals surface area contributed by atoms with Crippen molar-refractivity contribution in [3.63, 3.8) is 0 Å². The molecular weight excluding hydrogens is 314 g/mol. The first-order valence-electron chi connectivity index (χ1n) is 6.22. The number of furan rings is 1. The van der Waals surface area contributed by atoms with E-state index in [1.807, 2.05) is 0 Å². The number of halogens is 1. The summed E-state index contributed by atoms with van der Waals surface area (Å²) in [5.41, 5.74) is 0.0992. The van der Waals surface area contributed by atoms with Gasteiger partial charge in [-0.05, 0) is 41.8 Å². The van der Waals surface area contributed by atoms with Crippen molar-refractivity contribution < 1.29 is 19.1 Å². The Labute approximate surface area is 119 Å². The largest absolute Gasteiger partial charge is 0.481 e. The van der Waals surface area contributed by atoms with Crippen molar-refractivity contribution in [1.29, 1.82) is 0 Å². The molecule has 1 aromatic rings. The molecule has 0 atom stereocenters. The number of nitrogens with one attached hydrogen (secondary N) is 1. The fourth-order valence-electron chi connectivity index (χ4n) is 2.65. The average molecular weight is 330 g/mol. The van der Waals surface area contributed by atoms with Gasteiger partial charge in [-0.2, -0.15) is 0 Å². The molecule has 5 nitrogen and oxygen atoms in total. The van der Waals surface area contributed by atoms with Gasteiger partial charge in [0.15, 0.2) is 10.4 Å². The number of rotatable bonds is 4. The Morgan fingerprint density at radius 1 is 1.47 bits per heavy atom. The molecule has 1 saturated carbocycles. The molecule has 1 fully saturated rings. The smallest absolute Gasteiger partial charge is 0.305 e. The van der Waals surface area contributed by atoms with Crippen molar-refractivity contribution >= 4 is 27.8 Å². The summed E-state index contributed by atoms with van der Waals surface area (Å²) in [7, 11) is 0. The van der Waals surface area contributed by atoms with E-state index in [9.17, 15) is 9.59 Å². The summed E-state index contributed by atoms with van der Waals surface area (Å²) in [6.45, 7) is 1.78. The minimum absolute atomic E-state index is 0.0420. The SMILES string of the molecule is Cc1cc(Br)oc1C(=O)NC1(CC(=O)O)CCCC1. The summed E-state index contributed by atoms with van der Waals surface area (Å²) >= 11 is 3.18. The zero-order valence-electron chi connectivity index (χ0n) is 10.7. The lowest BCUT2D eigenvalue weighted by Gasteiger charge is -2.28. The van der Waals surface area contributed by atoms with Gasteiger partial charge in [-0.15, -0.1) is 0 Å². The first-order valence-corrected chi connectivity index (χ1v) is 7.01. The molecule has 0 spiro atoms. The first kappa shape index (κ1) is 14.1. The first-order chi connectivity index (χ1) is 8.92. The molecule has 1 aliphatic carbocycles. The number of carbonyl (C=O) groups is 2. The number of carbonyl (C=O) groups excluding carboxylic acids is 1. The van der Waals surface area contributed by atoms with Crippen LogP contribution in [0.25, 0.3) is 0 Å². The van der Waals surface area contributed by atoms with Gasteiger partial charge in [0.2, 0.25) is 0 Å². The number of amides is 1. The molecule has 0 saturated heterocycles. The third-order valence-electron chi connectivity index (χ3n) is 3.52. The number of carboxylic acid groups (broad SMARTS) is 1. The molecule has 0 bridgehead atoms. The maximum atomic E-state index is 12.2. The second-order valence-corrected chi connectivity index (χ2v) is 5.86. The summed E-state index contributed by atoms with van der Waals surface area (Å²) in [6.07, 6.45) is 3.24. The standard InChI is InChI=1S/C13H16BrNO4/c1-8-6-9(14)19-11(8)12(18)15-13(7-10(16)17)4-2-3-5-13/h6H,2-5,7H2,1H3,(H,15,18)(H,16,17). The lowest BCUT2D eigenvalue weighted by Crippen LogP contribution is -2.47. The lowest BCUT2D eigenvalue weighted by molar-refractivity contribution is -0.138. The van der Waals surface area contributed by atoms with E-state index in [1.165, 1.54) is 0 Å². The molecule has 0 aliphatic heterocycles. The predicted molar refractivity (Wildman–Crippen MR) is 72.1 cm³/mol. The van der Waals surface area contributed by atoms with Crippen LogP contribution in [-0.2, 0) is 4.79 Å². The molecule has 0 aromatic carbocycles. The van der Waals surface area contributed by atoms with E-state index in [-0.39, 0.29) is 18.1 Å². The van der Waals surface area contributed by atoms with E-state index in [0.717, 1.165) is 18.4 Å². The maximum Gasteiger partial charge on any atom is 0.305 e. The topological polar surface area (TPSA) is 79.5 Å². The number of aliphatic carboxylic acids is 1. The molecule has 2 rings (SSSR count). The molecular formula is C13H16BrNO4. The summed E-state index contributed by atoms with van der Waals surface area (Å²) in [4.78, 5) is 23.2. The molecule has 1 aliphatic rings. The third-order valence-corrected chi connectivity index (χ3v) is 3.91. The highest BCUT2D eigenvalue weighted by atomic mass is 79.9. The Bertz CT molecular complexity index is 503. The lowest BCUT2D eigenvalue weighted by atomic mass is 9.93. The molecule has 19 heavy (non-hydrogen) atoms.